The molecular weight excluding hydrogens is 400 g/mol. The van der Waals surface area contributed by atoms with E-state index in [-0.39, 0.29) is 25.0 Å². The van der Waals surface area contributed by atoms with Crippen molar-refractivity contribution in [2.24, 2.45) is 0 Å². The highest BCUT2D eigenvalue weighted by molar-refractivity contribution is 6.04. The molecule has 4 aromatic rings. The molecule has 0 saturated carbocycles. The number of rotatable bonds is 7. The minimum Gasteiger partial charge on any atom is -0.489 e. The van der Waals surface area contributed by atoms with E-state index in [9.17, 15) is 9.59 Å². The van der Waals surface area contributed by atoms with Crippen LogP contribution in [0.2, 0.25) is 0 Å². The molecule has 0 unspecified atom stereocenters. The maximum Gasteiger partial charge on any atom is 0.254 e. The molecule has 0 aliphatic heterocycles. The zero-order chi connectivity index (χ0) is 22.3. The van der Waals surface area contributed by atoms with Crippen LogP contribution >= 0.6 is 0 Å². The normalized spacial score (nSPS) is 10.5. The number of carbonyl (C=O) groups excluding carboxylic acids is 2. The highest BCUT2D eigenvalue weighted by Crippen LogP contribution is 2.23. The number of ether oxygens (including phenoxy) is 1. The van der Waals surface area contributed by atoms with Crippen molar-refractivity contribution in [3.63, 3.8) is 0 Å². The van der Waals surface area contributed by atoms with E-state index in [1.165, 1.54) is 4.90 Å². The number of anilines is 1. The summed E-state index contributed by atoms with van der Waals surface area (Å²) >= 11 is 0. The molecule has 0 spiro atoms. The first-order chi connectivity index (χ1) is 15.6. The van der Waals surface area contributed by atoms with E-state index in [1.807, 2.05) is 91.0 Å². The number of amides is 2. The van der Waals surface area contributed by atoms with E-state index < -0.39 is 0 Å². The van der Waals surface area contributed by atoms with Gasteiger partial charge < -0.3 is 15.0 Å². The largest absolute Gasteiger partial charge is 0.489 e. The lowest BCUT2D eigenvalue weighted by Crippen LogP contribution is -2.35. The molecule has 0 atom stereocenters. The number of nitrogens with one attached hydrogen (secondary N) is 1. The fraction of sp³-hybridized carbons (Fsp3) is 0.111. The SMILES string of the molecule is CN(CC(=O)Nc1cccc2ccccc12)C(=O)c1ccccc1COc1ccccc1. The summed E-state index contributed by atoms with van der Waals surface area (Å²) in [5, 5.41) is 4.93. The highest BCUT2D eigenvalue weighted by atomic mass is 16.5. The first-order valence-corrected chi connectivity index (χ1v) is 10.4. The zero-order valence-corrected chi connectivity index (χ0v) is 17.8. The van der Waals surface area contributed by atoms with Crippen LogP contribution in [0.1, 0.15) is 15.9 Å². The van der Waals surface area contributed by atoms with E-state index in [2.05, 4.69) is 5.32 Å². The number of para-hydroxylation sites is 1. The third-order valence-electron chi connectivity index (χ3n) is 5.18. The van der Waals surface area contributed by atoms with E-state index in [4.69, 9.17) is 4.74 Å². The second kappa shape index (κ2) is 9.79. The number of hydrogen-bond acceptors (Lipinski definition) is 3. The van der Waals surface area contributed by atoms with Crippen LogP contribution in [0.25, 0.3) is 10.8 Å². The highest BCUT2D eigenvalue weighted by Gasteiger charge is 2.18. The fourth-order valence-corrected chi connectivity index (χ4v) is 3.55. The molecule has 4 aromatic carbocycles. The fourth-order valence-electron chi connectivity index (χ4n) is 3.55. The molecular formula is C27H24N2O3. The van der Waals surface area contributed by atoms with E-state index in [1.54, 1.807) is 13.1 Å². The average Bonchev–Trinajstić information content (AvgIpc) is 2.83. The molecule has 0 aliphatic rings. The van der Waals surface area contributed by atoms with Gasteiger partial charge in [0.2, 0.25) is 5.91 Å². The van der Waals surface area contributed by atoms with Crippen LogP contribution in [0.15, 0.2) is 97.1 Å². The molecule has 0 aliphatic carbocycles. The van der Waals surface area contributed by atoms with Crippen LogP contribution < -0.4 is 10.1 Å². The molecule has 0 radical (unpaired) electrons. The summed E-state index contributed by atoms with van der Waals surface area (Å²) in [6.07, 6.45) is 0. The van der Waals surface area contributed by atoms with Gasteiger partial charge in [-0.05, 0) is 29.7 Å². The van der Waals surface area contributed by atoms with Gasteiger partial charge in [-0.15, -0.1) is 0 Å². The first kappa shape index (κ1) is 21.1. The lowest BCUT2D eigenvalue weighted by atomic mass is 10.1. The summed E-state index contributed by atoms with van der Waals surface area (Å²) in [5.74, 6) is 0.248. The standard InChI is InChI=1S/C27H24N2O3/c1-29(18-26(30)28-25-17-9-12-20-10-5-7-15-23(20)25)27(31)24-16-8-6-11-21(24)19-32-22-13-3-2-4-14-22/h2-17H,18-19H2,1H3,(H,28,30). The first-order valence-electron chi connectivity index (χ1n) is 10.4. The Hall–Kier alpha value is -4.12. The van der Waals surface area contributed by atoms with E-state index >= 15 is 0 Å². The lowest BCUT2D eigenvalue weighted by molar-refractivity contribution is -0.116. The van der Waals surface area contributed by atoms with Crippen LogP contribution in [0.4, 0.5) is 5.69 Å². The Bertz CT molecular complexity index is 1230. The lowest BCUT2D eigenvalue weighted by Gasteiger charge is -2.19. The molecule has 0 saturated heterocycles. The van der Waals surface area contributed by atoms with Crippen molar-refractivity contribution in [3.8, 4) is 5.75 Å². The van der Waals surface area contributed by atoms with Crippen molar-refractivity contribution in [2.75, 3.05) is 18.9 Å². The van der Waals surface area contributed by atoms with Gasteiger partial charge >= 0.3 is 0 Å². The Balaban J connectivity index is 1.43. The minimum atomic E-state index is -0.254. The Labute approximate surface area is 187 Å². The van der Waals surface area contributed by atoms with Gasteiger partial charge in [0.15, 0.2) is 0 Å². The average molecular weight is 425 g/mol. The topological polar surface area (TPSA) is 58.6 Å². The van der Waals surface area contributed by atoms with Gasteiger partial charge in [0, 0.05) is 29.2 Å². The van der Waals surface area contributed by atoms with Crippen LogP contribution in [0, 0.1) is 0 Å². The van der Waals surface area contributed by atoms with Crippen molar-refractivity contribution in [1.82, 2.24) is 4.90 Å². The third kappa shape index (κ3) is 4.95. The molecule has 160 valence electrons. The summed E-state index contributed by atoms with van der Waals surface area (Å²) in [6.45, 7) is 0.206. The zero-order valence-electron chi connectivity index (χ0n) is 17.8. The number of fused-ring (bicyclic) bond motifs is 1. The van der Waals surface area contributed by atoms with Crippen LogP contribution in [0.5, 0.6) is 5.75 Å². The van der Waals surface area contributed by atoms with Crippen molar-refractivity contribution < 1.29 is 14.3 Å². The van der Waals surface area contributed by atoms with Gasteiger partial charge in [0.25, 0.3) is 5.91 Å². The van der Waals surface area contributed by atoms with Crippen molar-refractivity contribution >= 4 is 28.3 Å². The molecule has 4 rings (SSSR count). The molecule has 32 heavy (non-hydrogen) atoms. The summed E-state index contributed by atoms with van der Waals surface area (Å²) in [5.41, 5.74) is 2.01. The molecule has 0 fully saturated rings. The summed E-state index contributed by atoms with van der Waals surface area (Å²) in [4.78, 5) is 27.2. The molecule has 2 amide bonds. The Kier molecular flexibility index (Phi) is 6.46. The van der Waals surface area contributed by atoms with E-state index in [0.717, 1.165) is 27.8 Å². The summed E-state index contributed by atoms with van der Waals surface area (Å²) < 4.78 is 5.81. The van der Waals surface area contributed by atoms with Gasteiger partial charge in [0.05, 0.1) is 6.54 Å². The Morgan fingerprint density at radius 2 is 1.50 bits per heavy atom. The molecule has 0 bridgehead atoms. The predicted octanol–water partition coefficient (Wildman–Crippen LogP) is 5.13. The minimum absolute atomic E-state index is 0.0596. The predicted molar refractivity (Wildman–Crippen MR) is 127 cm³/mol. The van der Waals surface area contributed by atoms with Gasteiger partial charge in [0.1, 0.15) is 12.4 Å². The Morgan fingerprint density at radius 1 is 0.812 bits per heavy atom. The van der Waals surface area contributed by atoms with Crippen LogP contribution in [0.3, 0.4) is 0 Å². The quantitative estimate of drug-likeness (QED) is 0.447. The second-order valence-electron chi connectivity index (χ2n) is 7.49. The molecule has 0 aromatic heterocycles. The molecule has 0 heterocycles. The summed E-state index contributed by atoms with van der Waals surface area (Å²) in [7, 11) is 1.62. The number of nitrogens with zero attached hydrogens (tertiary/aromatic N) is 1. The van der Waals surface area contributed by atoms with Gasteiger partial charge in [-0.1, -0.05) is 72.8 Å². The van der Waals surface area contributed by atoms with Crippen molar-refractivity contribution in [2.45, 2.75) is 6.61 Å². The molecule has 1 N–H and O–H groups in total. The monoisotopic (exact) mass is 424 g/mol. The van der Waals surface area contributed by atoms with Crippen LogP contribution in [-0.4, -0.2) is 30.3 Å². The number of likely N-dealkylation sites (N-methyl/N-ethyl adjacent to an activating group) is 1. The maximum absolute atomic E-state index is 13.1. The molecule has 5 heteroatoms. The Morgan fingerprint density at radius 3 is 2.34 bits per heavy atom. The summed E-state index contributed by atoms with van der Waals surface area (Å²) in [6, 6.07) is 30.3. The second-order valence-corrected chi connectivity index (χ2v) is 7.49. The van der Waals surface area contributed by atoms with E-state index in [0.29, 0.717) is 5.56 Å². The van der Waals surface area contributed by atoms with Crippen molar-refractivity contribution in [3.05, 3.63) is 108 Å². The van der Waals surface area contributed by atoms with Crippen molar-refractivity contribution in [1.29, 1.82) is 0 Å². The number of hydrogen-bond donors (Lipinski definition) is 1. The number of carbonyl (C=O) groups is 2. The third-order valence-corrected chi connectivity index (χ3v) is 5.18. The smallest absolute Gasteiger partial charge is 0.254 e. The maximum atomic E-state index is 13.1. The number of benzene rings is 4. The van der Waals surface area contributed by atoms with Gasteiger partial charge in [-0.3, -0.25) is 9.59 Å². The van der Waals surface area contributed by atoms with Crippen LogP contribution in [-0.2, 0) is 11.4 Å². The van der Waals surface area contributed by atoms with Gasteiger partial charge in [-0.2, -0.15) is 0 Å². The van der Waals surface area contributed by atoms with Gasteiger partial charge in [-0.25, -0.2) is 0 Å². The molecule has 5 nitrogen and oxygen atoms in total.